The van der Waals surface area contributed by atoms with Crippen LogP contribution in [0.1, 0.15) is 283 Å². The van der Waals surface area contributed by atoms with Crippen LogP contribution in [0.15, 0.2) is 48.5 Å². The van der Waals surface area contributed by atoms with E-state index in [-0.39, 0.29) is 0 Å². The molecule has 0 saturated carbocycles. The highest BCUT2D eigenvalue weighted by Crippen LogP contribution is 2.50. The summed E-state index contributed by atoms with van der Waals surface area (Å²) in [6.45, 7) is 86.7. The van der Waals surface area contributed by atoms with Crippen molar-refractivity contribution in [3.8, 4) is 68.8 Å². The van der Waals surface area contributed by atoms with Gasteiger partial charge in [0.25, 0.3) is 0 Å². The molecule has 10 heteroatoms. The topological polar surface area (TPSA) is 51.6 Å². The van der Waals surface area contributed by atoms with Gasteiger partial charge in [-0.25, -0.2) is 19.9 Å². The molecular formula is C94H134N4Si6. The molecule has 104 heavy (non-hydrogen) atoms. The van der Waals surface area contributed by atoms with Crippen molar-refractivity contribution in [2.24, 2.45) is 0 Å². The Hall–Kier alpha value is -5.78. The van der Waals surface area contributed by atoms with Gasteiger partial charge in [-0.3, -0.25) is 0 Å². The molecule has 0 aliphatic carbocycles. The summed E-state index contributed by atoms with van der Waals surface area (Å²) in [4.78, 5) is 24.7. The lowest BCUT2D eigenvalue weighted by Gasteiger charge is -2.38. The van der Waals surface area contributed by atoms with Gasteiger partial charge in [0, 0.05) is 43.4 Å². The molecular weight excluding hydrogens is 1350 g/mol. The Bertz CT molecular complexity index is 4240. The lowest BCUT2D eigenvalue weighted by molar-refractivity contribution is 0.838. The molecule has 8 aromatic rings. The molecule has 0 unspecified atom stereocenters. The highest BCUT2D eigenvalue weighted by atomic mass is 28.3. The molecule has 4 nitrogen and oxygen atoms in total. The minimum absolute atomic E-state index is 0.438. The number of nitrogens with zero attached hydrogens (tertiary/aromatic N) is 4. The normalized spacial score (nSPS) is 13.3. The maximum Gasteiger partial charge on any atom is 0.146 e. The summed E-state index contributed by atoms with van der Waals surface area (Å²) >= 11 is 0. The van der Waals surface area contributed by atoms with Crippen LogP contribution in [-0.4, -0.2) is 68.4 Å². The standard InChI is InChI=1S/C94H134N4Si6/c1-57(2)99(58(3)4,59(5)6)47-41-75-53-81-85-82(54-75)92-94(98-90-80(46-52-104(72(31)32,73(33)34)74(35)36)40-38-78(88(90)96-92)44-50-102(66(19)20,67(21)22)68(23)24)84-56-76(42-48-100(60(7)8,61(9)10)62(11)12)55-83(86(84)85)93-91(81)95-87-77(43-49-101(63(13)14,64(15)16)65(17)18)37-39-79(89(87)97-93)45-51-103(69(25)26,70(27)28)71(29)30/h37-40,53-74H,1-36H3. The molecule has 0 spiro atoms. The van der Waals surface area contributed by atoms with Gasteiger partial charge >= 0.3 is 0 Å². The fraction of sp³-hybridized carbons (Fsp3) is 0.574. The molecule has 554 valence electrons. The third-order valence-electron chi connectivity index (χ3n) is 26.9. The molecule has 0 atom stereocenters. The Kier molecular flexibility index (Phi) is 25.6. The van der Waals surface area contributed by atoms with Crippen molar-refractivity contribution in [1.82, 2.24) is 19.9 Å². The minimum Gasteiger partial charge on any atom is -0.242 e. The van der Waals surface area contributed by atoms with Gasteiger partial charge in [0.2, 0.25) is 0 Å². The van der Waals surface area contributed by atoms with E-state index in [4.69, 9.17) is 19.9 Å². The van der Waals surface area contributed by atoms with E-state index in [1.165, 1.54) is 0 Å². The monoisotopic (exact) mass is 1490 g/mol. The smallest absolute Gasteiger partial charge is 0.146 e. The zero-order valence-corrected chi connectivity index (χ0v) is 77.8. The van der Waals surface area contributed by atoms with E-state index in [0.717, 1.165) is 110 Å². The second-order valence-corrected chi connectivity index (χ2v) is 70.8. The summed E-state index contributed by atoms with van der Waals surface area (Å²) in [6, 6.07) is 18.4. The second-order valence-electron chi connectivity index (χ2n) is 37.3. The van der Waals surface area contributed by atoms with Crippen molar-refractivity contribution in [3.63, 3.8) is 0 Å². The van der Waals surface area contributed by atoms with Crippen LogP contribution in [-0.2, 0) is 0 Å². The number of fused-ring (bicyclic) bond motifs is 8. The number of benzene rings is 6. The second kappa shape index (κ2) is 31.8. The predicted molar refractivity (Wildman–Crippen MR) is 479 cm³/mol. The van der Waals surface area contributed by atoms with Crippen molar-refractivity contribution in [2.75, 3.05) is 0 Å². The van der Waals surface area contributed by atoms with Crippen LogP contribution >= 0.6 is 0 Å². The molecule has 0 aliphatic heterocycles. The number of hydrogen-bond acceptors (Lipinski definition) is 4. The van der Waals surface area contributed by atoms with E-state index in [1.807, 2.05) is 0 Å². The first-order chi connectivity index (χ1) is 48.4. The van der Waals surface area contributed by atoms with E-state index < -0.39 is 48.4 Å². The van der Waals surface area contributed by atoms with Crippen LogP contribution in [0.4, 0.5) is 0 Å². The van der Waals surface area contributed by atoms with Crippen LogP contribution in [0.2, 0.25) is 99.7 Å². The zero-order valence-electron chi connectivity index (χ0n) is 71.8. The van der Waals surface area contributed by atoms with Crippen LogP contribution < -0.4 is 0 Å². The quantitative estimate of drug-likeness (QED) is 0.0372. The van der Waals surface area contributed by atoms with Crippen molar-refractivity contribution in [1.29, 1.82) is 0 Å². The lowest BCUT2D eigenvalue weighted by Crippen LogP contribution is -2.43. The molecule has 8 rings (SSSR count). The lowest BCUT2D eigenvalue weighted by atomic mass is 9.88. The van der Waals surface area contributed by atoms with Crippen LogP contribution in [0.25, 0.3) is 76.5 Å². The number of aromatic nitrogens is 4. The highest BCUT2D eigenvalue weighted by Gasteiger charge is 2.47. The van der Waals surface area contributed by atoms with Gasteiger partial charge in [-0.15, -0.1) is 33.3 Å². The highest BCUT2D eigenvalue weighted by molar-refractivity contribution is 6.93. The molecule has 0 bridgehead atoms. The van der Waals surface area contributed by atoms with Crippen molar-refractivity contribution >= 4 is 125 Å². The first kappa shape index (κ1) is 83.9. The van der Waals surface area contributed by atoms with Crippen LogP contribution in [0.3, 0.4) is 0 Å². The molecule has 0 saturated heterocycles. The summed E-state index contributed by atoms with van der Waals surface area (Å²) in [6.07, 6.45) is 0. The van der Waals surface area contributed by atoms with Crippen LogP contribution in [0, 0.1) is 68.8 Å². The Morgan fingerprint density at radius 2 is 0.327 bits per heavy atom. The summed E-state index contributed by atoms with van der Waals surface area (Å²) in [5, 5.41) is 6.19. The summed E-state index contributed by atoms with van der Waals surface area (Å²) in [5.41, 5.74) is 45.1. The Morgan fingerprint density at radius 1 is 0.192 bits per heavy atom. The Balaban J connectivity index is 1.80. The minimum atomic E-state index is -2.27. The van der Waals surface area contributed by atoms with E-state index in [1.54, 1.807) is 0 Å². The van der Waals surface area contributed by atoms with Gasteiger partial charge in [-0.05, 0) is 148 Å². The Morgan fingerprint density at radius 3 is 0.462 bits per heavy atom. The fourth-order valence-electron chi connectivity index (χ4n) is 21.8. The predicted octanol–water partition coefficient (Wildman–Crippen LogP) is 28.2. The number of rotatable bonds is 18. The van der Waals surface area contributed by atoms with E-state index >= 15 is 0 Å². The van der Waals surface area contributed by atoms with Gasteiger partial charge in [0.1, 0.15) is 70.5 Å². The molecule has 2 heterocycles. The van der Waals surface area contributed by atoms with Gasteiger partial charge in [-0.2, -0.15) is 0 Å². The summed E-state index contributed by atoms with van der Waals surface area (Å²) in [7, 11) is -13.5. The first-order valence-corrected chi connectivity index (χ1v) is 54.0. The molecule has 0 N–H and O–H groups in total. The maximum atomic E-state index is 6.18. The molecule has 0 aliphatic rings. The van der Waals surface area contributed by atoms with Gasteiger partial charge in [-0.1, -0.05) is 285 Å². The van der Waals surface area contributed by atoms with Crippen LogP contribution in [0.5, 0.6) is 0 Å². The average Bonchev–Trinajstić information content (AvgIpc) is 0.689. The third kappa shape index (κ3) is 14.2. The third-order valence-corrected chi connectivity index (χ3v) is 64.6. The van der Waals surface area contributed by atoms with Crippen molar-refractivity contribution < 1.29 is 0 Å². The molecule has 6 aromatic carbocycles. The van der Waals surface area contributed by atoms with Crippen molar-refractivity contribution in [3.05, 3.63) is 81.9 Å². The van der Waals surface area contributed by atoms with Gasteiger partial charge in [0.05, 0.1) is 44.3 Å². The summed E-state index contributed by atoms with van der Waals surface area (Å²) < 4.78 is 0. The SMILES string of the molecule is CC(C)[Si](C#Cc1cc2c3nc4c(C#C[Si](C(C)C)(C(C)C)C(C)C)ccc(C#C[Si](C(C)C)(C(C)C)C(C)C)c4nc3c3cc(C#C[Si](C(C)C)(C(C)C)C(C)C)cc4c5nc6c(C#C[Si](C(C)C)(C(C)C)C(C)C)ccc(C#C[Si](C(C)C)(C(C)C)C(C)C)c6nc5c(c1)c2c34)(C(C)C)C(C)C. The Labute approximate surface area is 639 Å². The van der Waals surface area contributed by atoms with E-state index in [9.17, 15) is 0 Å². The molecule has 0 fully saturated rings. The molecule has 2 aromatic heterocycles. The van der Waals surface area contributed by atoms with E-state index in [2.05, 4.69) is 367 Å². The zero-order chi connectivity index (χ0) is 77.9. The largest absolute Gasteiger partial charge is 0.242 e. The number of hydrogen-bond donors (Lipinski definition) is 0. The van der Waals surface area contributed by atoms with Crippen molar-refractivity contribution in [2.45, 2.75) is 349 Å². The van der Waals surface area contributed by atoms with Gasteiger partial charge in [0.15, 0.2) is 0 Å². The van der Waals surface area contributed by atoms with Gasteiger partial charge < -0.3 is 0 Å². The molecule has 0 radical (unpaired) electrons. The molecule has 0 amide bonds. The maximum absolute atomic E-state index is 6.18. The average molecular weight is 1490 g/mol. The first-order valence-electron chi connectivity index (χ1n) is 40.7. The van der Waals surface area contributed by atoms with E-state index in [0.29, 0.717) is 99.7 Å². The fourth-order valence-corrected chi connectivity index (χ4v) is 53.1. The summed E-state index contributed by atoms with van der Waals surface area (Å²) in [5.74, 6) is 23.9.